The van der Waals surface area contributed by atoms with Gasteiger partial charge in [0, 0.05) is 16.6 Å². The molecule has 134 valence electrons. The van der Waals surface area contributed by atoms with Crippen molar-refractivity contribution in [1.29, 1.82) is 0 Å². The first kappa shape index (κ1) is 17.1. The number of nitrogens with two attached hydrogens (primary N) is 1. The summed E-state index contributed by atoms with van der Waals surface area (Å²) in [7, 11) is 0. The van der Waals surface area contributed by atoms with E-state index in [1.807, 2.05) is 43.3 Å². The van der Waals surface area contributed by atoms with Crippen molar-refractivity contribution in [2.24, 2.45) is 0 Å². The maximum Gasteiger partial charge on any atom is 0.248 e. The number of benzene rings is 2. The highest BCUT2D eigenvalue weighted by atomic mass is 35.5. The maximum atomic E-state index is 6.23. The standard InChI is InChI=1S/C20H16ClN5O/c1-12-10-14(7-8-15(12)21)27-20-17(22)19(24-11-25-20)26-16-6-2-4-13-5-3-9-23-18(13)16/h2-11H,22H2,1H3,(H,24,25,26). The van der Waals surface area contributed by atoms with Crippen LogP contribution < -0.4 is 15.8 Å². The molecule has 0 spiro atoms. The Morgan fingerprint density at radius 2 is 1.89 bits per heavy atom. The molecule has 0 atom stereocenters. The summed E-state index contributed by atoms with van der Waals surface area (Å²) in [6.07, 6.45) is 3.14. The summed E-state index contributed by atoms with van der Waals surface area (Å²) in [6, 6.07) is 15.1. The molecule has 6 nitrogen and oxygen atoms in total. The van der Waals surface area contributed by atoms with Crippen molar-refractivity contribution in [3.63, 3.8) is 0 Å². The molecule has 0 saturated heterocycles. The second-order valence-corrected chi connectivity index (χ2v) is 6.37. The van der Waals surface area contributed by atoms with Crippen LogP contribution in [0.1, 0.15) is 5.56 Å². The average molecular weight is 378 g/mol. The largest absolute Gasteiger partial charge is 0.437 e. The number of rotatable bonds is 4. The van der Waals surface area contributed by atoms with Gasteiger partial charge in [-0.1, -0.05) is 29.8 Å². The van der Waals surface area contributed by atoms with Crippen molar-refractivity contribution in [1.82, 2.24) is 15.0 Å². The van der Waals surface area contributed by atoms with Crippen LogP contribution in [0.3, 0.4) is 0 Å². The number of aryl methyl sites for hydroxylation is 1. The molecular weight excluding hydrogens is 362 g/mol. The summed E-state index contributed by atoms with van der Waals surface area (Å²) >= 11 is 6.06. The minimum absolute atomic E-state index is 0.266. The molecule has 0 fully saturated rings. The van der Waals surface area contributed by atoms with E-state index in [0.717, 1.165) is 22.2 Å². The fourth-order valence-electron chi connectivity index (χ4n) is 2.69. The molecule has 4 aromatic rings. The van der Waals surface area contributed by atoms with Crippen LogP contribution in [0.4, 0.5) is 17.2 Å². The van der Waals surface area contributed by atoms with Gasteiger partial charge in [-0.2, -0.15) is 4.98 Å². The van der Waals surface area contributed by atoms with E-state index in [-0.39, 0.29) is 5.88 Å². The topological polar surface area (TPSA) is 86.0 Å². The predicted molar refractivity (Wildman–Crippen MR) is 108 cm³/mol. The molecule has 0 aliphatic heterocycles. The second-order valence-electron chi connectivity index (χ2n) is 5.96. The number of aromatic nitrogens is 3. The molecular formula is C20H16ClN5O. The second kappa shape index (κ2) is 7.09. The third-order valence-corrected chi connectivity index (χ3v) is 4.50. The maximum absolute atomic E-state index is 6.23. The Morgan fingerprint density at radius 3 is 2.74 bits per heavy atom. The van der Waals surface area contributed by atoms with Crippen molar-refractivity contribution in [2.75, 3.05) is 11.1 Å². The minimum atomic E-state index is 0.266. The first-order chi connectivity index (χ1) is 13.1. The normalized spacial score (nSPS) is 10.7. The Hall–Kier alpha value is -3.38. The summed E-state index contributed by atoms with van der Waals surface area (Å²) < 4.78 is 5.82. The van der Waals surface area contributed by atoms with Gasteiger partial charge in [0.1, 0.15) is 17.8 Å². The van der Waals surface area contributed by atoms with Crippen LogP contribution in [0.25, 0.3) is 10.9 Å². The third kappa shape index (κ3) is 3.47. The Bertz CT molecular complexity index is 1130. The molecule has 2 heterocycles. The number of fused-ring (bicyclic) bond motifs is 1. The fourth-order valence-corrected chi connectivity index (χ4v) is 2.80. The zero-order chi connectivity index (χ0) is 18.8. The summed E-state index contributed by atoms with van der Waals surface area (Å²) in [4.78, 5) is 12.8. The fraction of sp³-hybridized carbons (Fsp3) is 0.0500. The SMILES string of the molecule is Cc1cc(Oc2ncnc(Nc3cccc4cccnc34)c2N)ccc1Cl. The van der Waals surface area contributed by atoms with Crippen molar-refractivity contribution in [3.05, 3.63) is 71.6 Å². The summed E-state index contributed by atoms with van der Waals surface area (Å²) in [5.41, 5.74) is 9.07. The predicted octanol–water partition coefficient (Wildman–Crippen LogP) is 5.10. The van der Waals surface area contributed by atoms with E-state index in [9.17, 15) is 0 Å². The summed E-state index contributed by atoms with van der Waals surface area (Å²) in [5.74, 6) is 1.31. The van der Waals surface area contributed by atoms with Gasteiger partial charge in [-0.15, -0.1) is 0 Å². The first-order valence-corrected chi connectivity index (χ1v) is 8.65. The Balaban J connectivity index is 1.66. The number of para-hydroxylation sites is 1. The molecule has 0 amide bonds. The quantitative estimate of drug-likeness (QED) is 0.514. The monoisotopic (exact) mass is 377 g/mol. The Labute approximate surface area is 161 Å². The van der Waals surface area contributed by atoms with Gasteiger partial charge in [0.2, 0.25) is 5.88 Å². The van der Waals surface area contributed by atoms with E-state index < -0.39 is 0 Å². The number of nitrogens with one attached hydrogen (secondary N) is 1. The zero-order valence-electron chi connectivity index (χ0n) is 14.5. The molecule has 7 heteroatoms. The number of ether oxygens (including phenoxy) is 1. The summed E-state index contributed by atoms with van der Waals surface area (Å²) in [6.45, 7) is 1.90. The van der Waals surface area contributed by atoms with Gasteiger partial charge in [0.25, 0.3) is 0 Å². The van der Waals surface area contributed by atoms with Gasteiger partial charge < -0.3 is 15.8 Å². The van der Waals surface area contributed by atoms with Crippen LogP contribution in [0.15, 0.2) is 61.1 Å². The van der Waals surface area contributed by atoms with Gasteiger partial charge in [0.05, 0.1) is 11.2 Å². The Kier molecular flexibility index (Phi) is 4.48. The molecule has 2 aromatic carbocycles. The van der Waals surface area contributed by atoms with Crippen LogP contribution in [0, 0.1) is 6.92 Å². The molecule has 0 unspecified atom stereocenters. The van der Waals surface area contributed by atoms with Crippen molar-refractivity contribution in [3.8, 4) is 11.6 Å². The molecule has 2 aromatic heterocycles. The van der Waals surface area contributed by atoms with Crippen LogP contribution in [0.2, 0.25) is 5.02 Å². The lowest BCUT2D eigenvalue weighted by molar-refractivity contribution is 0.464. The highest BCUT2D eigenvalue weighted by Gasteiger charge is 2.12. The van der Waals surface area contributed by atoms with Crippen LogP contribution in [-0.2, 0) is 0 Å². The number of hydrogen-bond acceptors (Lipinski definition) is 6. The minimum Gasteiger partial charge on any atom is -0.437 e. The molecule has 0 bridgehead atoms. The molecule has 4 rings (SSSR count). The number of nitrogen functional groups attached to an aromatic ring is 1. The lowest BCUT2D eigenvalue weighted by Gasteiger charge is -2.13. The van der Waals surface area contributed by atoms with Gasteiger partial charge in [0.15, 0.2) is 5.82 Å². The van der Waals surface area contributed by atoms with Gasteiger partial charge in [-0.3, -0.25) is 4.98 Å². The third-order valence-electron chi connectivity index (χ3n) is 4.08. The van der Waals surface area contributed by atoms with E-state index in [4.69, 9.17) is 22.1 Å². The number of hydrogen-bond donors (Lipinski definition) is 2. The average Bonchev–Trinajstić information content (AvgIpc) is 2.68. The molecule has 0 saturated carbocycles. The van der Waals surface area contributed by atoms with Crippen molar-refractivity contribution in [2.45, 2.75) is 6.92 Å². The lowest BCUT2D eigenvalue weighted by atomic mass is 10.2. The van der Waals surface area contributed by atoms with Gasteiger partial charge in [-0.05, 0) is 42.8 Å². The Morgan fingerprint density at radius 1 is 1.04 bits per heavy atom. The molecule has 3 N–H and O–H groups in total. The van der Waals surface area contributed by atoms with E-state index in [2.05, 4.69) is 20.3 Å². The van der Waals surface area contributed by atoms with E-state index in [1.54, 1.807) is 18.3 Å². The molecule has 27 heavy (non-hydrogen) atoms. The van der Waals surface area contributed by atoms with Crippen molar-refractivity contribution >= 4 is 39.7 Å². The van der Waals surface area contributed by atoms with Crippen molar-refractivity contribution < 1.29 is 4.74 Å². The zero-order valence-corrected chi connectivity index (χ0v) is 15.2. The number of anilines is 3. The van der Waals surface area contributed by atoms with Gasteiger partial charge in [-0.25, -0.2) is 4.98 Å². The highest BCUT2D eigenvalue weighted by Crippen LogP contribution is 2.33. The first-order valence-electron chi connectivity index (χ1n) is 8.27. The molecule has 0 aliphatic carbocycles. The summed E-state index contributed by atoms with van der Waals surface area (Å²) in [5, 5.41) is 4.91. The molecule has 0 radical (unpaired) electrons. The number of pyridine rings is 1. The smallest absolute Gasteiger partial charge is 0.248 e. The molecule has 0 aliphatic rings. The lowest BCUT2D eigenvalue weighted by Crippen LogP contribution is -2.03. The van der Waals surface area contributed by atoms with Gasteiger partial charge >= 0.3 is 0 Å². The van der Waals surface area contributed by atoms with Crippen LogP contribution >= 0.6 is 11.6 Å². The number of nitrogens with zero attached hydrogens (tertiary/aromatic N) is 3. The number of halogens is 1. The van der Waals surface area contributed by atoms with E-state index >= 15 is 0 Å². The van der Waals surface area contributed by atoms with Crippen LogP contribution in [0.5, 0.6) is 11.6 Å². The van der Waals surface area contributed by atoms with Crippen LogP contribution in [-0.4, -0.2) is 15.0 Å². The van der Waals surface area contributed by atoms with E-state index in [0.29, 0.717) is 22.3 Å². The highest BCUT2D eigenvalue weighted by molar-refractivity contribution is 6.31. The van der Waals surface area contributed by atoms with E-state index in [1.165, 1.54) is 6.33 Å².